The van der Waals surface area contributed by atoms with Crippen LogP contribution in [-0.2, 0) is 16.6 Å². The molecule has 1 N–H and O–H groups in total. The zero-order valence-corrected chi connectivity index (χ0v) is 15.5. The van der Waals surface area contributed by atoms with Crippen LogP contribution in [0.1, 0.15) is 6.42 Å². The van der Waals surface area contributed by atoms with Gasteiger partial charge in [0.25, 0.3) is 0 Å². The fourth-order valence-corrected chi connectivity index (χ4v) is 3.97. The quantitative estimate of drug-likeness (QED) is 0.612. The maximum absolute atomic E-state index is 12.6. The van der Waals surface area contributed by atoms with Crippen molar-refractivity contribution in [3.05, 3.63) is 48.8 Å². The van der Waals surface area contributed by atoms with Crippen molar-refractivity contribution in [2.24, 2.45) is 0 Å². The molecule has 1 heterocycles. The van der Waals surface area contributed by atoms with Gasteiger partial charge >= 0.3 is 0 Å². The van der Waals surface area contributed by atoms with Crippen molar-refractivity contribution in [2.45, 2.75) is 17.9 Å². The van der Waals surface area contributed by atoms with Crippen molar-refractivity contribution in [1.29, 1.82) is 0 Å². The van der Waals surface area contributed by atoms with Crippen molar-refractivity contribution in [1.82, 2.24) is 14.3 Å². The number of aryl methyl sites for hydroxylation is 1. The first-order chi connectivity index (χ1) is 12.5. The molecule has 0 radical (unpaired) electrons. The van der Waals surface area contributed by atoms with E-state index in [-0.39, 0.29) is 10.6 Å². The number of fused-ring (bicyclic) bond motifs is 1. The second kappa shape index (κ2) is 7.76. The summed E-state index contributed by atoms with van der Waals surface area (Å²) >= 11 is 0. The maximum Gasteiger partial charge on any atom is 0.244 e. The van der Waals surface area contributed by atoms with E-state index in [4.69, 9.17) is 9.47 Å². The molecule has 8 heteroatoms. The number of ether oxygens (including phenoxy) is 2. The van der Waals surface area contributed by atoms with Crippen LogP contribution in [0.15, 0.2) is 53.7 Å². The molecule has 0 amide bonds. The van der Waals surface area contributed by atoms with E-state index >= 15 is 0 Å². The molecule has 7 nitrogen and oxygen atoms in total. The standard InChI is InChI=1S/C18H21N3O4S/c1-24-14-8-9-17(25-2)18(12-14)26(22,23)20-10-5-11-21-13-19-15-6-3-4-7-16(15)21/h3-4,6-9,12-13,20H,5,10-11H2,1-2H3. The summed E-state index contributed by atoms with van der Waals surface area (Å²) in [7, 11) is -0.776. The van der Waals surface area contributed by atoms with Gasteiger partial charge in [-0.1, -0.05) is 12.1 Å². The van der Waals surface area contributed by atoms with E-state index in [0.717, 1.165) is 11.0 Å². The predicted octanol–water partition coefficient (Wildman–Crippen LogP) is 2.42. The van der Waals surface area contributed by atoms with Gasteiger partial charge < -0.3 is 14.0 Å². The molecular formula is C18H21N3O4S. The SMILES string of the molecule is COc1ccc(OC)c(S(=O)(=O)NCCCn2cnc3ccccc32)c1. The van der Waals surface area contributed by atoms with Gasteiger partial charge in [0.2, 0.25) is 10.0 Å². The van der Waals surface area contributed by atoms with Gasteiger partial charge in [0.1, 0.15) is 16.4 Å². The number of rotatable bonds is 8. The lowest BCUT2D eigenvalue weighted by Gasteiger charge is -2.12. The number of aromatic nitrogens is 2. The van der Waals surface area contributed by atoms with Crippen LogP contribution in [0.2, 0.25) is 0 Å². The summed E-state index contributed by atoms with van der Waals surface area (Å²) in [6.45, 7) is 0.966. The van der Waals surface area contributed by atoms with Gasteiger partial charge in [0.05, 0.1) is 31.6 Å². The number of benzene rings is 2. The molecule has 0 aliphatic carbocycles. The van der Waals surface area contributed by atoms with Crippen LogP contribution < -0.4 is 14.2 Å². The molecule has 3 aromatic rings. The third-order valence-electron chi connectivity index (χ3n) is 4.06. The molecule has 0 aliphatic rings. The van der Waals surface area contributed by atoms with Gasteiger partial charge in [-0.3, -0.25) is 0 Å². The van der Waals surface area contributed by atoms with E-state index in [1.54, 1.807) is 18.5 Å². The molecule has 138 valence electrons. The molecule has 0 bridgehead atoms. The number of imidazole rings is 1. The number of hydrogen-bond donors (Lipinski definition) is 1. The van der Waals surface area contributed by atoms with Gasteiger partial charge in [-0.2, -0.15) is 0 Å². The van der Waals surface area contributed by atoms with Crippen LogP contribution in [-0.4, -0.2) is 38.7 Å². The van der Waals surface area contributed by atoms with Gasteiger partial charge in [-0.25, -0.2) is 18.1 Å². The maximum atomic E-state index is 12.6. The van der Waals surface area contributed by atoms with Crippen LogP contribution in [0.5, 0.6) is 11.5 Å². The monoisotopic (exact) mass is 375 g/mol. The molecule has 0 atom stereocenters. The first-order valence-electron chi connectivity index (χ1n) is 8.17. The smallest absolute Gasteiger partial charge is 0.244 e. The normalized spacial score (nSPS) is 11.6. The van der Waals surface area contributed by atoms with E-state index in [1.807, 2.05) is 28.8 Å². The van der Waals surface area contributed by atoms with Gasteiger partial charge in [0, 0.05) is 19.2 Å². The van der Waals surface area contributed by atoms with E-state index in [0.29, 0.717) is 25.3 Å². The van der Waals surface area contributed by atoms with Crippen LogP contribution in [0.3, 0.4) is 0 Å². The molecule has 0 spiro atoms. The minimum absolute atomic E-state index is 0.0624. The van der Waals surface area contributed by atoms with Crippen molar-refractivity contribution >= 4 is 21.1 Å². The highest BCUT2D eigenvalue weighted by molar-refractivity contribution is 7.89. The molecule has 0 fully saturated rings. The highest BCUT2D eigenvalue weighted by atomic mass is 32.2. The van der Waals surface area contributed by atoms with Crippen molar-refractivity contribution < 1.29 is 17.9 Å². The molecule has 0 saturated heterocycles. The largest absolute Gasteiger partial charge is 0.497 e. The van der Waals surface area contributed by atoms with Gasteiger partial charge in [-0.15, -0.1) is 0 Å². The fourth-order valence-electron chi connectivity index (χ4n) is 2.72. The average Bonchev–Trinajstić information content (AvgIpc) is 3.08. The predicted molar refractivity (Wildman–Crippen MR) is 99.1 cm³/mol. The summed E-state index contributed by atoms with van der Waals surface area (Å²) in [5.41, 5.74) is 1.96. The number of para-hydroxylation sites is 2. The molecule has 1 aromatic heterocycles. The Morgan fingerprint density at radius 3 is 2.69 bits per heavy atom. The number of nitrogens with zero attached hydrogens (tertiary/aromatic N) is 2. The van der Waals surface area contributed by atoms with E-state index in [9.17, 15) is 8.42 Å². The zero-order valence-electron chi connectivity index (χ0n) is 14.7. The third kappa shape index (κ3) is 3.81. The summed E-state index contributed by atoms with van der Waals surface area (Å²) in [5, 5.41) is 0. The number of nitrogens with one attached hydrogen (secondary N) is 1. The Labute approximate surface area is 152 Å². The fraction of sp³-hybridized carbons (Fsp3) is 0.278. The molecule has 3 rings (SSSR count). The highest BCUT2D eigenvalue weighted by Crippen LogP contribution is 2.27. The van der Waals surface area contributed by atoms with Crippen LogP contribution in [0.25, 0.3) is 11.0 Å². The van der Waals surface area contributed by atoms with Crippen molar-refractivity contribution in [3.63, 3.8) is 0 Å². The van der Waals surface area contributed by atoms with E-state index in [2.05, 4.69) is 9.71 Å². The van der Waals surface area contributed by atoms with Crippen molar-refractivity contribution in [3.8, 4) is 11.5 Å². The Morgan fingerprint density at radius 1 is 1.12 bits per heavy atom. The summed E-state index contributed by atoms with van der Waals surface area (Å²) in [5.74, 6) is 0.731. The van der Waals surface area contributed by atoms with Gasteiger partial charge in [0.15, 0.2) is 0 Å². The lowest BCUT2D eigenvalue weighted by Crippen LogP contribution is -2.26. The minimum Gasteiger partial charge on any atom is -0.497 e. The van der Waals surface area contributed by atoms with Crippen LogP contribution in [0, 0.1) is 0 Å². The Balaban J connectivity index is 1.65. The third-order valence-corrected chi connectivity index (χ3v) is 5.54. The second-order valence-electron chi connectivity index (χ2n) is 5.69. The van der Waals surface area contributed by atoms with E-state index < -0.39 is 10.0 Å². The summed E-state index contributed by atoms with van der Waals surface area (Å²) in [6.07, 6.45) is 2.40. The van der Waals surface area contributed by atoms with Gasteiger partial charge in [-0.05, 0) is 30.7 Å². The second-order valence-corrected chi connectivity index (χ2v) is 7.43. The lowest BCUT2D eigenvalue weighted by atomic mass is 10.3. The Hall–Kier alpha value is -2.58. The molecular weight excluding hydrogens is 354 g/mol. The molecule has 0 aliphatic heterocycles. The number of hydrogen-bond acceptors (Lipinski definition) is 5. The molecule has 0 unspecified atom stereocenters. The Morgan fingerprint density at radius 2 is 1.92 bits per heavy atom. The molecule has 2 aromatic carbocycles. The number of sulfonamides is 1. The summed E-state index contributed by atoms with van der Waals surface area (Å²) < 4.78 is 40.1. The first-order valence-corrected chi connectivity index (χ1v) is 9.65. The summed E-state index contributed by atoms with van der Waals surface area (Å²) in [4.78, 5) is 4.39. The van der Waals surface area contributed by atoms with Crippen LogP contribution >= 0.6 is 0 Å². The first kappa shape index (κ1) is 18.2. The topological polar surface area (TPSA) is 82.5 Å². The average molecular weight is 375 g/mol. The Kier molecular flexibility index (Phi) is 5.43. The summed E-state index contributed by atoms with van der Waals surface area (Å²) in [6, 6.07) is 12.5. The molecule has 26 heavy (non-hydrogen) atoms. The highest BCUT2D eigenvalue weighted by Gasteiger charge is 2.20. The lowest BCUT2D eigenvalue weighted by molar-refractivity contribution is 0.392. The van der Waals surface area contributed by atoms with Crippen LogP contribution in [0.4, 0.5) is 0 Å². The number of methoxy groups -OCH3 is 2. The van der Waals surface area contributed by atoms with Crippen molar-refractivity contribution in [2.75, 3.05) is 20.8 Å². The Bertz CT molecular complexity index is 999. The minimum atomic E-state index is -3.70. The van der Waals surface area contributed by atoms with E-state index in [1.165, 1.54) is 20.3 Å². The zero-order chi connectivity index (χ0) is 18.6. The molecule has 0 saturated carbocycles.